The predicted octanol–water partition coefficient (Wildman–Crippen LogP) is 0.802. The molecule has 0 heterocycles. The molecule has 1 aliphatic rings. The first-order valence-corrected chi connectivity index (χ1v) is 9.70. The third-order valence-electron chi connectivity index (χ3n) is 2.71. The smallest absolute Gasteiger partial charge is 0.228 e. The van der Waals surface area contributed by atoms with Gasteiger partial charge in [0.15, 0.2) is 14.9 Å². The largest absolute Gasteiger partial charge is 0.228 e. The summed E-state index contributed by atoms with van der Waals surface area (Å²) < 4.78 is 47.5. The van der Waals surface area contributed by atoms with Gasteiger partial charge in [-0.1, -0.05) is 6.42 Å². The maximum absolute atomic E-state index is 12.0. The van der Waals surface area contributed by atoms with Crippen LogP contribution in [0.4, 0.5) is 0 Å². The monoisotopic (exact) mass is 303 g/mol. The van der Waals surface area contributed by atoms with Crippen LogP contribution in [0.5, 0.6) is 0 Å². The second kappa shape index (κ2) is 5.86. The zero-order valence-electron chi connectivity index (χ0n) is 9.80. The maximum Gasteiger partial charge on any atom is 0.228 e. The Balaban J connectivity index is 2.80. The van der Waals surface area contributed by atoms with Crippen LogP contribution >= 0.6 is 11.6 Å². The number of alkyl halides is 1. The van der Waals surface area contributed by atoms with E-state index in [4.69, 9.17) is 11.6 Å². The molecule has 0 radical (unpaired) electrons. The fourth-order valence-corrected chi connectivity index (χ4v) is 5.67. The summed E-state index contributed by atoms with van der Waals surface area (Å²) in [7, 11) is -7.26. The van der Waals surface area contributed by atoms with E-state index in [0.717, 1.165) is 25.5 Å². The van der Waals surface area contributed by atoms with E-state index in [9.17, 15) is 16.8 Å². The molecule has 0 N–H and O–H groups in total. The second-order valence-electron chi connectivity index (χ2n) is 4.39. The molecule has 1 aliphatic carbocycles. The Labute approximate surface area is 108 Å². The summed E-state index contributed by atoms with van der Waals surface area (Å²) in [5, 5.41) is -0.807. The molecule has 0 aromatic heterocycles. The van der Waals surface area contributed by atoms with Crippen molar-refractivity contribution in [2.24, 2.45) is 0 Å². The normalized spacial score (nSPS) is 18.3. The molecule has 0 spiro atoms. The zero-order chi connectivity index (χ0) is 13.1. The van der Waals surface area contributed by atoms with E-state index in [1.54, 1.807) is 0 Å². The van der Waals surface area contributed by atoms with E-state index in [1.807, 2.05) is 0 Å². The number of rotatable bonds is 7. The van der Waals surface area contributed by atoms with Crippen LogP contribution in [-0.2, 0) is 19.9 Å². The Bertz CT molecular complexity index is 442. The second-order valence-corrected chi connectivity index (χ2v) is 9.20. The fraction of sp³-hybridized carbons (Fsp3) is 1.00. The lowest BCUT2D eigenvalue weighted by Gasteiger charge is -2.36. The molecule has 1 fully saturated rings. The average Bonchev–Trinajstić information content (AvgIpc) is 2.04. The molecule has 8 heteroatoms. The molecule has 5 nitrogen and oxygen atoms in total. The van der Waals surface area contributed by atoms with Crippen LogP contribution in [0.2, 0.25) is 0 Å². The molecule has 0 amide bonds. The van der Waals surface area contributed by atoms with E-state index in [1.165, 1.54) is 4.31 Å². The molecule has 0 bridgehead atoms. The molecule has 17 heavy (non-hydrogen) atoms. The Hall–Kier alpha value is 0.150. The van der Waals surface area contributed by atoms with E-state index in [2.05, 4.69) is 0 Å². The number of hydrogen-bond acceptors (Lipinski definition) is 4. The summed E-state index contributed by atoms with van der Waals surface area (Å²) in [4.78, 5) is 0. The van der Waals surface area contributed by atoms with Crippen molar-refractivity contribution in [3.8, 4) is 0 Å². The molecule has 0 saturated heterocycles. The van der Waals surface area contributed by atoms with Crippen LogP contribution < -0.4 is 0 Å². The van der Waals surface area contributed by atoms with Gasteiger partial charge in [0.1, 0.15) is 0 Å². The SMILES string of the molecule is CS(=O)(=O)CS(=O)(=O)N(CCCCl)C1CCC1. The van der Waals surface area contributed by atoms with Crippen molar-refractivity contribution in [3.05, 3.63) is 0 Å². The molecule has 0 unspecified atom stereocenters. The van der Waals surface area contributed by atoms with Crippen LogP contribution in [0, 0.1) is 0 Å². The third kappa shape index (κ3) is 4.73. The highest BCUT2D eigenvalue weighted by Gasteiger charge is 2.35. The van der Waals surface area contributed by atoms with Gasteiger partial charge in [-0.2, -0.15) is 4.31 Å². The lowest BCUT2D eigenvalue weighted by atomic mass is 9.93. The van der Waals surface area contributed by atoms with E-state index in [0.29, 0.717) is 18.8 Å². The van der Waals surface area contributed by atoms with E-state index in [-0.39, 0.29) is 6.04 Å². The number of sulfonamides is 1. The fourth-order valence-electron chi connectivity index (χ4n) is 1.78. The molecule has 0 aromatic carbocycles. The van der Waals surface area contributed by atoms with Gasteiger partial charge in [0.25, 0.3) is 0 Å². The van der Waals surface area contributed by atoms with Gasteiger partial charge in [0.05, 0.1) is 0 Å². The molecule has 0 aliphatic heterocycles. The quantitative estimate of drug-likeness (QED) is 0.652. The topological polar surface area (TPSA) is 71.5 Å². The minimum atomic E-state index is -3.73. The molecule has 0 atom stereocenters. The lowest BCUT2D eigenvalue weighted by Crippen LogP contribution is -2.46. The zero-order valence-corrected chi connectivity index (χ0v) is 12.2. The highest BCUT2D eigenvalue weighted by molar-refractivity contribution is 8.06. The van der Waals surface area contributed by atoms with Gasteiger partial charge in [-0.05, 0) is 19.3 Å². The summed E-state index contributed by atoms with van der Waals surface area (Å²) in [6, 6.07) is -0.0371. The highest BCUT2D eigenvalue weighted by atomic mass is 35.5. The van der Waals surface area contributed by atoms with Crippen LogP contribution in [0.25, 0.3) is 0 Å². The van der Waals surface area contributed by atoms with Crippen molar-refractivity contribution in [2.45, 2.75) is 31.7 Å². The minimum Gasteiger partial charge on any atom is -0.228 e. The van der Waals surface area contributed by atoms with Crippen molar-refractivity contribution < 1.29 is 16.8 Å². The van der Waals surface area contributed by atoms with Crippen LogP contribution in [0.1, 0.15) is 25.7 Å². The summed E-state index contributed by atoms with van der Waals surface area (Å²) in [6.07, 6.45) is 4.10. The van der Waals surface area contributed by atoms with Gasteiger partial charge in [-0.25, -0.2) is 16.8 Å². The Morgan fingerprint density at radius 3 is 2.18 bits per heavy atom. The summed E-state index contributed by atoms with van der Waals surface area (Å²) >= 11 is 5.55. The van der Waals surface area contributed by atoms with Gasteiger partial charge < -0.3 is 0 Å². The molecule has 1 saturated carbocycles. The van der Waals surface area contributed by atoms with Crippen molar-refractivity contribution in [1.82, 2.24) is 4.31 Å². The van der Waals surface area contributed by atoms with Crippen molar-refractivity contribution in [2.75, 3.05) is 23.8 Å². The van der Waals surface area contributed by atoms with E-state index >= 15 is 0 Å². The van der Waals surface area contributed by atoms with Crippen LogP contribution in [0.15, 0.2) is 0 Å². The van der Waals surface area contributed by atoms with Crippen molar-refractivity contribution in [3.63, 3.8) is 0 Å². The number of sulfone groups is 1. The predicted molar refractivity (Wildman–Crippen MR) is 68.3 cm³/mol. The van der Waals surface area contributed by atoms with Crippen LogP contribution in [0.3, 0.4) is 0 Å². The first kappa shape index (κ1) is 15.2. The first-order chi connectivity index (χ1) is 7.76. The molecule has 1 rings (SSSR count). The molecular weight excluding hydrogens is 286 g/mol. The van der Waals surface area contributed by atoms with Crippen molar-refractivity contribution in [1.29, 1.82) is 0 Å². The highest BCUT2D eigenvalue weighted by Crippen LogP contribution is 2.27. The Morgan fingerprint density at radius 2 is 1.82 bits per heavy atom. The summed E-state index contributed by atoms with van der Waals surface area (Å²) in [5.41, 5.74) is 0. The number of hydrogen-bond donors (Lipinski definition) is 0. The standard InChI is InChI=1S/C9H18ClNO4S2/c1-16(12,13)8-17(14,15)11(7-3-6-10)9-4-2-5-9/h9H,2-8H2,1H3. The summed E-state index contributed by atoms with van der Waals surface area (Å²) in [6.45, 7) is 0.312. The van der Waals surface area contributed by atoms with Gasteiger partial charge in [0, 0.05) is 24.7 Å². The molecule has 102 valence electrons. The Morgan fingerprint density at radius 1 is 1.24 bits per heavy atom. The van der Waals surface area contributed by atoms with Crippen LogP contribution in [-0.4, -0.2) is 50.9 Å². The van der Waals surface area contributed by atoms with Gasteiger partial charge in [0.2, 0.25) is 10.0 Å². The average molecular weight is 304 g/mol. The lowest BCUT2D eigenvalue weighted by molar-refractivity contribution is 0.220. The first-order valence-electron chi connectivity index (χ1n) is 5.49. The third-order valence-corrected chi connectivity index (χ3v) is 7.08. The van der Waals surface area contributed by atoms with Gasteiger partial charge in [-0.15, -0.1) is 11.6 Å². The van der Waals surface area contributed by atoms with Gasteiger partial charge in [-0.3, -0.25) is 0 Å². The van der Waals surface area contributed by atoms with Gasteiger partial charge >= 0.3 is 0 Å². The minimum absolute atomic E-state index is 0.0371. The molecular formula is C9H18ClNO4S2. The van der Waals surface area contributed by atoms with Crippen molar-refractivity contribution >= 4 is 31.5 Å². The number of nitrogens with zero attached hydrogens (tertiary/aromatic N) is 1. The number of halogens is 1. The Kier molecular flexibility index (Phi) is 5.24. The van der Waals surface area contributed by atoms with E-state index < -0.39 is 24.9 Å². The molecule has 0 aromatic rings. The maximum atomic E-state index is 12.0. The summed E-state index contributed by atoms with van der Waals surface area (Å²) in [5.74, 6) is 0.373.